The van der Waals surface area contributed by atoms with Gasteiger partial charge in [-0.1, -0.05) is 29.5 Å². The van der Waals surface area contributed by atoms with Crippen LogP contribution in [0.25, 0.3) is 15.2 Å². The zero-order valence-electron chi connectivity index (χ0n) is 19.6. The molecule has 1 aromatic carbocycles. The SMILES string of the molecule is COc1ccccc1CCn1c(=O)n(CC(=O)N2CCCC2)c(=O)c2c(C)c(-n3nccn3)sc21. The van der Waals surface area contributed by atoms with E-state index < -0.39 is 11.2 Å². The van der Waals surface area contributed by atoms with Crippen molar-refractivity contribution in [1.82, 2.24) is 29.0 Å². The fraction of sp³-hybridized carbons (Fsp3) is 0.375. The van der Waals surface area contributed by atoms with Gasteiger partial charge in [0.1, 0.15) is 22.1 Å². The predicted molar refractivity (Wildman–Crippen MR) is 133 cm³/mol. The highest BCUT2D eigenvalue weighted by Crippen LogP contribution is 2.30. The van der Waals surface area contributed by atoms with Crippen LogP contribution in [0.2, 0.25) is 0 Å². The number of aromatic nitrogens is 5. The van der Waals surface area contributed by atoms with Crippen molar-refractivity contribution in [1.29, 1.82) is 0 Å². The Balaban J connectivity index is 1.64. The third-order valence-corrected chi connectivity index (χ3v) is 7.70. The molecule has 182 valence electrons. The number of thiophene rings is 1. The lowest BCUT2D eigenvalue weighted by atomic mass is 10.1. The third-order valence-electron chi connectivity index (χ3n) is 6.42. The zero-order valence-corrected chi connectivity index (χ0v) is 20.5. The Hall–Kier alpha value is -3.73. The van der Waals surface area contributed by atoms with Gasteiger partial charge in [-0.05, 0) is 37.8 Å². The van der Waals surface area contributed by atoms with E-state index in [1.165, 1.54) is 16.1 Å². The molecule has 1 fully saturated rings. The zero-order chi connectivity index (χ0) is 24.5. The molecule has 4 aromatic rings. The molecule has 0 radical (unpaired) electrons. The van der Waals surface area contributed by atoms with Gasteiger partial charge in [0.15, 0.2) is 0 Å². The lowest BCUT2D eigenvalue weighted by Gasteiger charge is -2.17. The third kappa shape index (κ3) is 4.16. The lowest BCUT2D eigenvalue weighted by molar-refractivity contribution is -0.130. The molecule has 11 heteroatoms. The first-order valence-electron chi connectivity index (χ1n) is 11.5. The van der Waals surface area contributed by atoms with Crippen LogP contribution in [0, 0.1) is 6.92 Å². The molecule has 0 aliphatic carbocycles. The minimum atomic E-state index is -0.494. The van der Waals surface area contributed by atoms with Crippen LogP contribution in [0.1, 0.15) is 24.0 Å². The standard InChI is InChI=1S/C24H26N6O4S/c1-16-20-21(32)29(15-19(31)27-12-5-6-13-27)24(33)28(14-9-17-7-3-4-8-18(17)34-2)23(20)35-22(16)30-25-10-11-26-30/h3-4,7-8,10-11H,5-6,9,12-15H2,1-2H3. The average molecular weight is 495 g/mol. The van der Waals surface area contributed by atoms with Crippen LogP contribution in [0.4, 0.5) is 0 Å². The molecule has 0 spiro atoms. The van der Waals surface area contributed by atoms with E-state index in [1.54, 1.807) is 29.0 Å². The second kappa shape index (κ2) is 9.49. The molecular formula is C24H26N6O4S. The van der Waals surface area contributed by atoms with Gasteiger partial charge >= 0.3 is 5.69 Å². The molecule has 1 aliphatic heterocycles. The molecule has 10 nitrogen and oxygen atoms in total. The number of para-hydroxylation sites is 1. The summed E-state index contributed by atoms with van der Waals surface area (Å²) < 4.78 is 8.13. The Labute approximate surface area is 205 Å². The number of ether oxygens (including phenoxy) is 1. The molecule has 0 bridgehead atoms. The molecule has 0 saturated carbocycles. The number of aryl methyl sites for hydroxylation is 3. The molecule has 1 saturated heterocycles. The molecular weight excluding hydrogens is 468 g/mol. The summed E-state index contributed by atoms with van der Waals surface area (Å²) in [4.78, 5) is 43.8. The van der Waals surface area contributed by atoms with Crippen molar-refractivity contribution in [2.45, 2.75) is 39.3 Å². The second-order valence-electron chi connectivity index (χ2n) is 8.51. The van der Waals surface area contributed by atoms with Crippen molar-refractivity contribution >= 4 is 27.5 Å². The molecule has 1 aliphatic rings. The van der Waals surface area contributed by atoms with E-state index in [2.05, 4.69) is 10.2 Å². The first-order valence-corrected chi connectivity index (χ1v) is 12.3. The van der Waals surface area contributed by atoms with Crippen molar-refractivity contribution in [3.8, 4) is 10.8 Å². The topological polar surface area (TPSA) is 104 Å². The highest BCUT2D eigenvalue weighted by atomic mass is 32.1. The van der Waals surface area contributed by atoms with Crippen LogP contribution in [-0.2, 0) is 24.3 Å². The summed E-state index contributed by atoms with van der Waals surface area (Å²) in [5.41, 5.74) is 0.673. The summed E-state index contributed by atoms with van der Waals surface area (Å²) in [7, 11) is 1.61. The van der Waals surface area contributed by atoms with Gasteiger partial charge in [-0.25, -0.2) is 4.79 Å². The van der Waals surface area contributed by atoms with E-state index in [-0.39, 0.29) is 12.5 Å². The van der Waals surface area contributed by atoms with E-state index in [4.69, 9.17) is 4.74 Å². The van der Waals surface area contributed by atoms with Gasteiger partial charge in [-0.2, -0.15) is 10.2 Å². The van der Waals surface area contributed by atoms with Gasteiger partial charge in [0.05, 0.1) is 24.9 Å². The van der Waals surface area contributed by atoms with E-state index in [0.717, 1.165) is 28.7 Å². The van der Waals surface area contributed by atoms with E-state index >= 15 is 0 Å². The molecule has 4 heterocycles. The maximum Gasteiger partial charge on any atom is 0.332 e. The number of likely N-dealkylation sites (tertiary alicyclic amines) is 1. The number of fused-ring (bicyclic) bond motifs is 1. The Morgan fingerprint density at radius 3 is 2.51 bits per heavy atom. The van der Waals surface area contributed by atoms with Crippen molar-refractivity contribution in [2.24, 2.45) is 0 Å². The van der Waals surface area contributed by atoms with Gasteiger partial charge in [-0.15, -0.1) is 4.80 Å². The van der Waals surface area contributed by atoms with Crippen LogP contribution in [0.3, 0.4) is 0 Å². The Morgan fingerprint density at radius 1 is 1.09 bits per heavy atom. The maximum atomic E-state index is 13.6. The minimum Gasteiger partial charge on any atom is -0.496 e. The summed E-state index contributed by atoms with van der Waals surface area (Å²) in [5, 5.41) is 9.49. The quantitative estimate of drug-likeness (QED) is 0.389. The smallest absolute Gasteiger partial charge is 0.332 e. The number of amides is 1. The molecule has 0 unspecified atom stereocenters. The van der Waals surface area contributed by atoms with Crippen molar-refractivity contribution < 1.29 is 9.53 Å². The summed E-state index contributed by atoms with van der Waals surface area (Å²) in [5.74, 6) is 0.525. The largest absolute Gasteiger partial charge is 0.496 e. The van der Waals surface area contributed by atoms with Crippen LogP contribution >= 0.6 is 11.3 Å². The number of carbonyl (C=O) groups excluding carboxylic acids is 1. The summed E-state index contributed by atoms with van der Waals surface area (Å²) in [6.07, 6.45) is 5.51. The molecule has 1 amide bonds. The number of carbonyl (C=O) groups is 1. The molecule has 0 N–H and O–H groups in total. The fourth-order valence-electron chi connectivity index (χ4n) is 4.57. The number of nitrogens with zero attached hydrogens (tertiary/aromatic N) is 6. The van der Waals surface area contributed by atoms with Gasteiger partial charge in [-0.3, -0.25) is 18.7 Å². The molecule has 3 aromatic heterocycles. The highest BCUT2D eigenvalue weighted by Gasteiger charge is 2.25. The average Bonchev–Trinajstić information content (AvgIpc) is 3.63. The first kappa shape index (κ1) is 23.0. The number of hydrogen-bond donors (Lipinski definition) is 0. The van der Waals surface area contributed by atoms with Gasteiger partial charge in [0, 0.05) is 25.2 Å². The lowest BCUT2D eigenvalue weighted by Crippen LogP contribution is -2.44. The van der Waals surface area contributed by atoms with Crippen molar-refractivity contribution in [3.63, 3.8) is 0 Å². The number of benzene rings is 1. The molecule has 5 rings (SSSR count). The maximum absolute atomic E-state index is 13.6. The Bertz CT molecular complexity index is 1490. The number of rotatable bonds is 7. The minimum absolute atomic E-state index is 0.209. The predicted octanol–water partition coefficient (Wildman–Crippen LogP) is 1.99. The summed E-state index contributed by atoms with van der Waals surface area (Å²) in [6, 6.07) is 7.64. The van der Waals surface area contributed by atoms with Crippen LogP contribution < -0.4 is 16.0 Å². The van der Waals surface area contributed by atoms with Crippen molar-refractivity contribution in [2.75, 3.05) is 20.2 Å². The normalized spacial score (nSPS) is 13.6. The van der Waals surface area contributed by atoms with Crippen LogP contribution in [0.15, 0.2) is 46.2 Å². The van der Waals surface area contributed by atoms with E-state index in [9.17, 15) is 14.4 Å². The molecule has 0 atom stereocenters. The number of hydrogen-bond acceptors (Lipinski definition) is 7. The fourth-order valence-corrected chi connectivity index (χ4v) is 5.81. The molecule has 35 heavy (non-hydrogen) atoms. The van der Waals surface area contributed by atoms with Gasteiger partial charge < -0.3 is 9.64 Å². The second-order valence-corrected chi connectivity index (χ2v) is 9.48. The summed E-state index contributed by atoms with van der Waals surface area (Å²) in [6.45, 7) is 3.18. The Kier molecular flexibility index (Phi) is 6.25. The van der Waals surface area contributed by atoms with Crippen LogP contribution in [-0.4, -0.2) is 55.1 Å². The van der Waals surface area contributed by atoms with E-state index in [0.29, 0.717) is 46.8 Å². The first-order chi connectivity index (χ1) is 17.0. The highest BCUT2D eigenvalue weighted by molar-refractivity contribution is 7.21. The van der Waals surface area contributed by atoms with Gasteiger partial charge in [0.2, 0.25) is 5.91 Å². The van der Waals surface area contributed by atoms with Gasteiger partial charge in [0.25, 0.3) is 5.56 Å². The van der Waals surface area contributed by atoms with Crippen molar-refractivity contribution in [3.05, 3.63) is 68.6 Å². The van der Waals surface area contributed by atoms with E-state index in [1.807, 2.05) is 31.2 Å². The van der Waals surface area contributed by atoms with Crippen LogP contribution in [0.5, 0.6) is 5.75 Å². The monoisotopic (exact) mass is 494 g/mol. The summed E-state index contributed by atoms with van der Waals surface area (Å²) >= 11 is 1.30. The number of methoxy groups -OCH3 is 1. The Morgan fingerprint density at radius 2 is 1.80 bits per heavy atom.